The Kier molecular flexibility index (Phi) is 7.70. The third-order valence-corrected chi connectivity index (χ3v) is 5.12. The van der Waals surface area contributed by atoms with Gasteiger partial charge in [-0.15, -0.1) is 0 Å². The number of aromatic hydroxyl groups is 1. The van der Waals surface area contributed by atoms with Gasteiger partial charge in [0.15, 0.2) is 0 Å². The SMILES string of the molecule is CC(C)C.CN1C(=O)C(Cc2ccccc2)N=C(c2ccc(O)cc2)c2cc(Cl)ccc21. The van der Waals surface area contributed by atoms with Gasteiger partial charge >= 0.3 is 0 Å². The van der Waals surface area contributed by atoms with E-state index in [0.717, 1.165) is 28.3 Å². The molecule has 1 amide bonds. The van der Waals surface area contributed by atoms with E-state index in [1.54, 1.807) is 42.3 Å². The van der Waals surface area contributed by atoms with Crippen molar-refractivity contribution < 1.29 is 9.90 Å². The van der Waals surface area contributed by atoms with Gasteiger partial charge in [-0.05, 0) is 53.9 Å². The van der Waals surface area contributed by atoms with Crippen molar-refractivity contribution in [2.24, 2.45) is 10.9 Å². The fourth-order valence-electron chi connectivity index (χ4n) is 3.43. The Bertz CT molecular complexity index is 1090. The lowest BCUT2D eigenvalue weighted by atomic mass is 10.00. The second kappa shape index (κ2) is 10.5. The lowest BCUT2D eigenvalue weighted by Gasteiger charge is -2.20. The van der Waals surface area contributed by atoms with Crippen molar-refractivity contribution in [1.82, 2.24) is 0 Å². The number of rotatable bonds is 3. The number of fused-ring (bicyclic) bond motifs is 1. The Labute approximate surface area is 195 Å². The van der Waals surface area contributed by atoms with E-state index >= 15 is 0 Å². The molecule has 4 nitrogen and oxygen atoms in total. The van der Waals surface area contributed by atoms with Gasteiger partial charge in [-0.1, -0.05) is 62.7 Å². The number of hydrogen-bond acceptors (Lipinski definition) is 3. The smallest absolute Gasteiger partial charge is 0.251 e. The number of benzodiazepines with no additional fused rings is 1. The lowest BCUT2D eigenvalue weighted by Crippen LogP contribution is -2.36. The Morgan fingerprint density at radius 1 is 1.00 bits per heavy atom. The fourth-order valence-corrected chi connectivity index (χ4v) is 3.61. The number of hydrogen-bond donors (Lipinski definition) is 1. The molecule has 1 aliphatic rings. The number of phenolic OH excluding ortho intramolecular Hbond substituents is 1. The Morgan fingerprint density at radius 3 is 2.25 bits per heavy atom. The maximum absolute atomic E-state index is 13.2. The van der Waals surface area contributed by atoms with Gasteiger partial charge in [0.1, 0.15) is 11.8 Å². The van der Waals surface area contributed by atoms with E-state index in [2.05, 4.69) is 20.8 Å². The molecule has 0 spiro atoms. The van der Waals surface area contributed by atoms with Crippen LogP contribution in [0, 0.1) is 5.92 Å². The zero-order chi connectivity index (χ0) is 23.3. The fraction of sp³-hybridized carbons (Fsp3) is 0.259. The first-order chi connectivity index (χ1) is 15.3. The van der Waals surface area contributed by atoms with Crippen LogP contribution in [-0.4, -0.2) is 29.8 Å². The van der Waals surface area contributed by atoms with E-state index in [1.807, 2.05) is 42.5 Å². The molecule has 5 heteroatoms. The van der Waals surface area contributed by atoms with E-state index in [4.69, 9.17) is 16.6 Å². The molecule has 3 aromatic rings. The average molecular weight is 449 g/mol. The van der Waals surface area contributed by atoms with Gasteiger partial charge < -0.3 is 10.0 Å². The minimum Gasteiger partial charge on any atom is -0.508 e. The molecule has 1 aliphatic heterocycles. The van der Waals surface area contributed by atoms with Gasteiger partial charge in [0, 0.05) is 29.6 Å². The van der Waals surface area contributed by atoms with Crippen molar-refractivity contribution >= 4 is 28.9 Å². The van der Waals surface area contributed by atoms with Crippen LogP contribution in [0.15, 0.2) is 77.8 Å². The Morgan fingerprint density at radius 2 is 1.62 bits per heavy atom. The highest BCUT2D eigenvalue weighted by Gasteiger charge is 2.30. The van der Waals surface area contributed by atoms with Crippen LogP contribution in [0.2, 0.25) is 5.02 Å². The molecule has 0 saturated heterocycles. The molecule has 0 fully saturated rings. The summed E-state index contributed by atoms with van der Waals surface area (Å²) < 4.78 is 0. The average Bonchev–Trinajstić information content (AvgIpc) is 2.85. The predicted molar refractivity (Wildman–Crippen MR) is 133 cm³/mol. The van der Waals surface area contributed by atoms with Crippen molar-refractivity contribution in [3.05, 3.63) is 94.5 Å². The number of carbonyl (C=O) groups excluding carboxylic acids is 1. The molecule has 1 heterocycles. The number of amides is 1. The van der Waals surface area contributed by atoms with Crippen molar-refractivity contribution in [3.63, 3.8) is 0 Å². The number of likely N-dealkylation sites (N-methyl/N-ethyl adjacent to an activating group) is 1. The molecule has 0 saturated carbocycles. The van der Waals surface area contributed by atoms with Crippen LogP contribution in [0.3, 0.4) is 0 Å². The van der Waals surface area contributed by atoms with E-state index in [0.29, 0.717) is 17.2 Å². The first-order valence-corrected chi connectivity index (χ1v) is 11.1. The van der Waals surface area contributed by atoms with Gasteiger partial charge in [0.2, 0.25) is 0 Å². The summed E-state index contributed by atoms with van der Waals surface area (Å²) in [6, 6.07) is 21.6. The third-order valence-electron chi connectivity index (χ3n) is 4.89. The Balaban J connectivity index is 0.000000668. The Hall–Kier alpha value is -3.11. The molecule has 1 unspecified atom stereocenters. The zero-order valence-corrected chi connectivity index (χ0v) is 19.7. The molecule has 3 aromatic carbocycles. The zero-order valence-electron chi connectivity index (χ0n) is 18.9. The maximum Gasteiger partial charge on any atom is 0.251 e. The second-order valence-corrected chi connectivity index (χ2v) is 8.96. The number of aliphatic imine (C=N–C) groups is 1. The summed E-state index contributed by atoms with van der Waals surface area (Å²) in [5.41, 5.74) is 4.12. The van der Waals surface area contributed by atoms with E-state index in [9.17, 15) is 9.90 Å². The topological polar surface area (TPSA) is 52.9 Å². The molecular formula is C27H29ClN2O2. The molecule has 1 atom stereocenters. The maximum atomic E-state index is 13.2. The van der Waals surface area contributed by atoms with Gasteiger partial charge in [-0.25, -0.2) is 0 Å². The van der Waals surface area contributed by atoms with Gasteiger partial charge in [0.05, 0.1) is 11.4 Å². The number of halogens is 1. The summed E-state index contributed by atoms with van der Waals surface area (Å²) in [6.07, 6.45) is 0.507. The molecule has 0 bridgehead atoms. The monoisotopic (exact) mass is 448 g/mol. The van der Waals surface area contributed by atoms with Crippen molar-refractivity contribution in [2.75, 3.05) is 11.9 Å². The van der Waals surface area contributed by atoms with Gasteiger partial charge in [-0.3, -0.25) is 9.79 Å². The van der Waals surface area contributed by atoms with Crippen LogP contribution in [-0.2, 0) is 11.2 Å². The number of phenols is 1. The molecule has 0 aromatic heterocycles. The summed E-state index contributed by atoms with van der Waals surface area (Å²) in [5.74, 6) is 0.944. The summed E-state index contributed by atoms with van der Waals surface area (Å²) >= 11 is 6.26. The predicted octanol–water partition coefficient (Wildman–Crippen LogP) is 6.13. The normalized spacial score (nSPS) is 15.4. The van der Waals surface area contributed by atoms with Gasteiger partial charge in [0.25, 0.3) is 5.91 Å². The minimum absolute atomic E-state index is 0.0683. The highest BCUT2D eigenvalue weighted by Crippen LogP contribution is 2.31. The standard InChI is InChI=1S/C23H19ClN2O2.C4H10/c1-26-21-12-9-17(24)14-19(21)22(16-7-10-18(27)11-8-16)25-20(23(26)28)13-15-5-3-2-4-6-15;1-4(2)3/h2-12,14,20,27H,13H2,1H3;4H,1-3H3. The lowest BCUT2D eigenvalue weighted by molar-refractivity contribution is -0.119. The highest BCUT2D eigenvalue weighted by atomic mass is 35.5. The van der Waals surface area contributed by atoms with Crippen molar-refractivity contribution in [1.29, 1.82) is 0 Å². The molecule has 166 valence electrons. The second-order valence-electron chi connectivity index (χ2n) is 8.52. The van der Waals surface area contributed by atoms with Gasteiger partial charge in [-0.2, -0.15) is 0 Å². The minimum atomic E-state index is -0.553. The van der Waals surface area contributed by atoms with Crippen LogP contribution < -0.4 is 4.90 Å². The summed E-state index contributed by atoms with van der Waals surface area (Å²) in [5, 5.41) is 10.2. The molecule has 0 radical (unpaired) electrons. The number of benzene rings is 3. The van der Waals surface area contributed by atoms with Crippen molar-refractivity contribution in [2.45, 2.75) is 33.2 Å². The third kappa shape index (κ3) is 5.77. The molecule has 32 heavy (non-hydrogen) atoms. The van der Waals surface area contributed by atoms with Crippen LogP contribution in [0.5, 0.6) is 5.75 Å². The number of anilines is 1. The van der Waals surface area contributed by atoms with Crippen LogP contribution in [0.4, 0.5) is 5.69 Å². The van der Waals surface area contributed by atoms with Crippen LogP contribution in [0.25, 0.3) is 0 Å². The van der Waals surface area contributed by atoms with E-state index < -0.39 is 6.04 Å². The molecule has 0 aliphatic carbocycles. The van der Waals surface area contributed by atoms with Crippen molar-refractivity contribution in [3.8, 4) is 5.75 Å². The summed E-state index contributed by atoms with van der Waals surface area (Å²) in [4.78, 5) is 19.7. The first kappa shape index (κ1) is 23.6. The molecular weight excluding hydrogens is 420 g/mol. The van der Waals surface area contributed by atoms with E-state index in [1.165, 1.54) is 0 Å². The number of carbonyl (C=O) groups is 1. The van der Waals surface area contributed by atoms with Crippen LogP contribution >= 0.6 is 11.6 Å². The molecule has 4 rings (SSSR count). The highest BCUT2D eigenvalue weighted by molar-refractivity contribution is 6.32. The summed E-state index contributed by atoms with van der Waals surface area (Å²) in [6.45, 7) is 6.50. The van der Waals surface area contributed by atoms with E-state index in [-0.39, 0.29) is 11.7 Å². The summed E-state index contributed by atoms with van der Waals surface area (Å²) in [7, 11) is 1.77. The molecule has 1 N–H and O–H groups in total. The number of nitrogens with zero attached hydrogens (tertiary/aromatic N) is 2. The largest absolute Gasteiger partial charge is 0.508 e. The first-order valence-electron chi connectivity index (χ1n) is 10.7. The van der Waals surface area contributed by atoms with Crippen LogP contribution in [0.1, 0.15) is 37.5 Å². The quantitative estimate of drug-likeness (QED) is 0.523.